The van der Waals surface area contributed by atoms with E-state index in [1.807, 2.05) is 32.9 Å². The van der Waals surface area contributed by atoms with E-state index >= 15 is 0 Å². The molecule has 0 aromatic carbocycles. The van der Waals surface area contributed by atoms with Gasteiger partial charge in [-0.1, -0.05) is 19.9 Å². The minimum atomic E-state index is -0.616. The van der Waals surface area contributed by atoms with Crippen molar-refractivity contribution in [2.75, 3.05) is 18.5 Å². The van der Waals surface area contributed by atoms with Crippen LogP contribution in [0.4, 0.5) is 10.5 Å². The number of fused-ring (bicyclic) bond motifs is 2. The fourth-order valence-electron chi connectivity index (χ4n) is 5.59. The molecule has 1 aliphatic carbocycles. The second kappa shape index (κ2) is 8.92. The lowest BCUT2D eigenvalue weighted by atomic mass is 9.77. The first kappa shape index (κ1) is 25.1. The number of ether oxygens (including phenoxy) is 2. The highest BCUT2D eigenvalue weighted by atomic mass is 16.6. The molecule has 2 aliphatic heterocycles. The highest BCUT2D eigenvalue weighted by molar-refractivity contribution is 5.89. The first-order valence-electron chi connectivity index (χ1n) is 12.5. The molecule has 3 aliphatic rings. The summed E-state index contributed by atoms with van der Waals surface area (Å²) in [5.74, 6) is 0.0607. The molecule has 2 atom stereocenters. The van der Waals surface area contributed by atoms with E-state index < -0.39 is 22.9 Å². The van der Waals surface area contributed by atoms with Gasteiger partial charge in [0.05, 0.1) is 35.8 Å². The van der Waals surface area contributed by atoms with Crippen molar-refractivity contribution < 1.29 is 24.5 Å². The van der Waals surface area contributed by atoms with Crippen LogP contribution >= 0.6 is 0 Å². The van der Waals surface area contributed by atoms with Gasteiger partial charge in [0.15, 0.2) is 0 Å². The third kappa shape index (κ3) is 5.31. The molecular formula is C27H40N2O5. The summed E-state index contributed by atoms with van der Waals surface area (Å²) in [5.41, 5.74) is 1.91. The number of hydrogen-bond donors (Lipinski definition) is 3. The molecule has 2 saturated heterocycles. The molecule has 2 unspecified atom stereocenters. The van der Waals surface area contributed by atoms with E-state index in [1.165, 1.54) is 0 Å². The zero-order valence-electron chi connectivity index (χ0n) is 21.2. The zero-order valence-corrected chi connectivity index (χ0v) is 21.2. The fraction of sp³-hybridized carbons (Fsp3) is 0.704. The van der Waals surface area contributed by atoms with Crippen molar-refractivity contribution in [1.29, 1.82) is 0 Å². The van der Waals surface area contributed by atoms with Crippen LogP contribution in [0.25, 0.3) is 5.57 Å². The maximum atomic E-state index is 12.6. The van der Waals surface area contributed by atoms with Crippen LogP contribution in [0.3, 0.4) is 0 Å². The maximum Gasteiger partial charge on any atom is 0.412 e. The Morgan fingerprint density at radius 3 is 2.32 bits per heavy atom. The van der Waals surface area contributed by atoms with Crippen molar-refractivity contribution in [3.05, 3.63) is 29.6 Å². The van der Waals surface area contributed by atoms with Gasteiger partial charge >= 0.3 is 6.09 Å². The predicted molar refractivity (Wildman–Crippen MR) is 132 cm³/mol. The molecular weight excluding hydrogens is 432 g/mol. The van der Waals surface area contributed by atoms with E-state index in [-0.39, 0.29) is 24.5 Å². The number of aromatic nitrogens is 1. The minimum absolute atomic E-state index is 0.0589. The van der Waals surface area contributed by atoms with E-state index in [0.29, 0.717) is 18.5 Å². The summed E-state index contributed by atoms with van der Waals surface area (Å²) in [6.07, 6.45) is 7.47. The summed E-state index contributed by atoms with van der Waals surface area (Å²) in [4.78, 5) is 17.6. The predicted octanol–water partition coefficient (Wildman–Crippen LogP) is 5.17. The highest BCUT2D eigenvalue weighted by Crippen LogP contribution is 2.53. The standard InChI is InChI=1S/C27H40N2O5/c1-24(2,3)33-23(32)29-21-7-6-20(28-22(21)18-8-10-25(4,5)11-9-18)19-14-26(16-30)12-13-27(15-19,17-31)34-26/h6-8,19,30-31H,9-17H2,1-5H3,(H,29,32). The lowest BCUT2D eigenvalue weighted by Crippen LogP contribution is -2.47. The van der Waals surface area contributed by atoms with Gasteiger partial charge < -0.3 is 19.7 Å². The number of amides is 1. The van der Waals surface area contributed by atoms with Crippen LogP contribution in [0.5, 0.6) is 0 Å². The van der Waals surface area contributed by atoms with Crippen molar-refractivity contribution >= 4 is 17.4 Å². The average Bonchev–Trinajstić information content (AvgIpc) is 3.04. The number of pyridine rings is 1. The minimum Gasteiger partial charge on any atom is -0.444 e. The Hall–Kier alpha value is -1.96. The molecule has 0 saturated carbocycles. The van der Waals surface area contributed by atoms with Crippen molar-refractivity contribution in [2.45, 2.75) is 102 Å². The van der Waals surface area contributed by atoms with E-state index in [0.717, 1.165) is 49.1 Å². The maximum absolute atomic E-state index is 12.6. The molecule has 7 nitrogen and oxygen atoms in total. The van der Waals surface area contributed by atoms with E-state index in [9.17, 15) is 15.0 Å². The highest BCUT2D eigenvalue weighted by Gasteiger charge is 2.55. The smallest absolute Gasteiger partial charge is 0.412 e. The van der Waals surface area contributed by atoms with Crippen molar-refractivity contribution in [3.63, 3.8) is 0 Å². The van der Waals surface area contributed by atoms with Crippen LogP contribution < -0.4 is 5.32 Å². The summed E-state index contributed by atoms with van der Waals surface area (Å²) in [5, 5.41) is 23.1. The summed E-state index contributed by atoms with van der Waals surface area (Å²) in [6.45, 7) is 9.94. The van der Waals surface area contributed by atoms with Crippen LogP contribution in [0.2, 0.25) is 0 Å². The number of rotatable bonds is 5. The number of nitrogens with one attached hydrogen (secondary N) is 1. The Morgan fingerprint density at radius 1 is 1.15 bits per heavy atom. The summed E-state index contributed by atoms with van der Waals surface area (Å²) >= 11 is 0. The normalized spacial score (nSPS) is 30.6. The molecule has 0 radical (unpaired) electrons. The largest absolute Gasteiger partial charge is 0.444 e. The topological polar surface area (TPSA) is 101 Å². The van der Waals surface area contributed by atoms with E-state index in [2.05, 4.69) is 25.2 Å². The van der Waals surface area contributed by atoms with Crippen LogP contribution in [-0.2, 0) is 9.47 Å². The second-order valence-corrected chi connectivity index (χ2v) is 12.2. The molecule has 2 fully saturated rings. The molecule has 3 N–H and O–H groups in total. The zero-order chi connectivity index (χ0) is 24.8. The molecule has 3 heterocycles. The van der Waals surface area contributed by atoms with Gasteiger partial charge in [0.25, 0.3) is 0 Å². The molecule has 2 bridgehead atoms. The number of anilines is 1. The number of nitrogens with zero attached hydrogens (tertiary/aromatic N) is 1. The van der Waals surface area contributed by atoms with Crippen LogP contribution in [0, 0.1) is 5.41 Å². The first-order valence-corrected chi connectivity index (χ1v) is 12.5. The van der Waals surface area contributed by atoms with Crippen LogP contribution in [0.1, 0.15) is 96.9 Å². The van der Waals surface area contributed by atoms with Gasteiger partial charge in [0, 0.05) is 11.6 Å². The third-order valence-electron chi connectivity index (χ3n) is 7.53. The number of carbonyl (C=O) groups excluding carboxylic acids is 1. The molecule has 1 amide bonds. The first-order chi connectivity index (χ1) is 15.9. The quantitative estimate of drug-likeness (QED) is 0.546. The third-order valence-corrected chi connectivity index (χ3v) is 7.53. The Labute approximate surface area is 202 Å². The summed E-state index contributed by atoms with van der Waals surface area (Å²) < 4.78 is 11.7. The Morgan fingerprint density at radius 2 is 1.79 bits per heavy atom. The monoisotopic (exact) mass is 472 g/mol. The van der Waals surface area contributed by atoms with Crippen molar-refractivity contribution in [1.82, 2.24) is 4.98 Å². The molecule has 34 heavy (non-hydrogen) atoms. The molecule has 7 heteroatoms. The number of hydrogen-bond acceptors (Lipinski definition) is 6. The molecule has 4 rings (SSSR count). The number of carbonyl (C=O) groups is 1. The Kier molecular flexibility index (Phi) is 6.60. The fourth-order valence-corrected chi connectivity index (χ4v) is 5.59. The Balaban J connectivity index is 1.67. The molecule has 0 spiro atoms. The van der Waals surface area contributed by atoms with E-state index in [1.54, 1.807) is 0 Å². The van der Waals surface area contributed by atoms with E-state index in [4.69, 9.17) is 14.5 Å². The number of aliphatic hydroxyl groups is 2. The Bertz CT molecular complexity index is 946. The number of aliphatic hydroxyl groups excluding tert-OH is 2. The van der Waals surface area contributed by atoms with Gasteiger partial charge in [0.2, 0.25) is 0 Å². The SMILES string of the molecule is CC1(C)CC=C(c2nc(C3CC4(CO)CCC(CO)(C3)O4)ccc2NC(=O)OC(C)(C)C)CC1. The van der Waals surface area contributed by atoms with Gasteiger partial charge in [-0.3, -0.25) is 10.3 Å². The second-order valence-electron chi connectivity index (χ2n) is 12.2. The number of allylic oxidation sites excluding steroid dienone is 2. The van der Waals surface area contributed by atoms with Gasteiger partial charge in [-0.05, 0) is 88.8 Å². The lowest BCUT2D eigenvalue weighted by Gasteiger charge is -2.42. The van der Waals surface area contributed by atoms with Gasteiger partial charge in [-0.15, -0.1) is 0 Å². The van der Waals surface area contributed by atoms with Crippen LogP contribution in [-0.4, -0.2) is 51.3 Å². The molecule has 188 valence electrons. The summed E-state index contributed by atoms with van der Waals surface area (Å²) in [6, 6.07) is 3.87. The van der Waals surface area contributed by atoms with Gasteiger partial charge in [-0.25, -0.2) is 4.79 Å². The van der Waals surface area contributed by atoms with Crippen LogP contribution in [0.15, 0.2) is 18.2 Å². The lowest BCUT2D eigenvalue weighted by molar-refractivity contribution is -0.177. The van der Waals surface area contributed by atoms with Gasteiger partial charge in [-0.2, -0.15) is 0 Å². The van der Waals surface area contributed by atoms with Crippen molar-refractivity contribution in [2.24, 2.45) is 5.41 Å². The molecule has 1 aromatic rings. The van der Waals surface area contributed by atoms with Gasteiger partial charge in [0.1, 0.15) is 5.60 Å². The van der Waals surface area contributed by atoms with Crippen molar-refractivity contribution in [3.8, 4) is 0 Å². The summed E-state index contributed by atoms with van der Waals surface area (Å²) in [7, 11) is 0. The average molecular weight is 473 g/mol. The molecule has 1 aromatic heterocycles.